The van der Waals surface area contributed by atoms with Gasteiger partial charge in [0.25, 0.3) is 5.91 Å². The maximum atomic E-state index is 13.3. The second-order valence-electron chi connectivity index (χ2n) is 7.45. The molecule has 1 N–H and O–H groups in total. The number of hydrogen-bond acceptors (Lipinski definition) is 5. The minimum Gasteiger partial charge on any atom is -0.449 e. The Morgan fingerprint density at radius 1 is 1.26 bits per heavy atom. The van der Waals surface area contributed by atoms with Crippen molar-refractivity contribution in [2.75, 3.05) is 6.54 Å². The van der Waals surface area contributed by atoms with Crippen molar-refractivity contribution < 1.29 is 14.3 Å². The highest BCUT2D eigenvalue weighted by Crippen LogP contribution is 2.37. The summed E-state index contributed by atoms with van der Waals surface area (Å²) in [4.78, 5) is 31.5. The Hall–Kier alpha value is -3.25. The molecule has 3 aromatic rings. The van der Waals surface area contributed by atoms with E-state index in [0.717, 1.165) is 51.9 Å². The van der Waals surface area contributed by atoms with Crippen molar-refractivity contribution in [3.05, 3.63) is 76.1 Å². The fourth-order valence-corrected chi connectivity index (χ4v) is 4.52. The maximum absolute atomic E-state index is 13.3. The number of thiophene rings is 1. The molecule has 0 radical (unpaired) electrons. The number of rotatable bonds is 6. The highest BCUT2D eigenvalue weighted by atomic mass is 32.1. The van der Waals surface area contributed by atoms with E-state index >= 15 is 0 Å². The molecule has 1 aliphatic rings. The zero-order valence-corrected chi connectivity index (χ0v) is 18.2. The number of carbonyl (C=O) groups excluding carboxylic acids is 2. The van der Waals surface area contributed by atoms with Crippen molar-refractivity contribution in [2.45, 2.75) is 32.3 Å². The van der Waals surface area contributed by atoms with Gasteiger partial charge in [-0.15, -0.1) is 17.9 Å². The largest absolute Gasteiger partial charge is 0.449 e. The number of ether oxygens (including phenoxy) is 1. The van der Waals surface area contributed by atoms with Gasteiger partial charge in [0.2, 0.25) is 0 Å². The Labute approximate surface area is 185 Å². The number of pyridine rings is 1. The lowest BCUT2D eigenvalue weighted by Gasteiger charge is -2.23. The Balaban J connectivity index is 1.77. The summed E-state index contributed by atoms with van der Waals surface area (Å²) in [7, 11) is 0. The number of para-hydroxylation sites is 1. The third kappa shape index (κ3) is 4.44. The number of esters is 1. The Kier molecular flexibility index (Phi) is 6.28. The molecule has 31 heavy (non-hydrogen) atoms. The highest BCUT2D eigenvalue weighted by molar-refractivity contribution is 7.10. The van der Waals surface area contributed by atoms with E-state index in [9.17, 15) is 9.59 Å². The van der Waals surface area contributed by atoms with Crippen molar-refractivity contribution >= 4 is 45.8 Å². The third-order valence-electron chi connectivity index (χ3n) is 5.31. The fourth-order valence-electron chi connectivity index (χ4n) is 3.84. The van der Waals surface area contributed by atoms with Gasteiger partial charge in [-0.2, -0.15) is 0 Å². The number of hydrogen-bond donors (Lipinski definition) is 1. The van der Waals surface area contributed by atoms with Gasteiger partial charge in [-0.25, -0.2) is 9.78 Å². The molecule has 0 spiro atoms. The van der Waals surface area contributed by atoms with Gasteiger partial charge < -0.3 is 10.1 Å². The molecule has 0 saturated carbocycles. The number of carbonyl (C=O) groups is 2. The van der Waals surface area contributed by atoms with Gasteiger partial charge in [0, 0.05) is 16.8 Å². The summed E-state index contributed by atoms with van der Waals surface area (Å²) in [5, 5.41) is 5.47. The summed E-state index contributed by atoms with van der Waals surface area (Å²) in [6.45, 7) is 5.48. The lowest BCUT2D eigenvalue weighted by atomic mass is 9.86. The van der Waals surface area contributed by atoms with Crippen LogP contribution >= 0.6 is 11.3 Å². The molecule has 158 valence electrons. The molecule has 2 heterocycles. The van der Waals surface area contributed by atoms with Gasteiger partial charge in [-0.3, -0.25) is 4.79 Å². The topological polar surface area (TPSA) is 68.3 Å². The van der Waals surface area contributed by atoms with E-state index < -0.39 is 12.1 Å². The smallest absolute Gasteiger partial charge is 0.339 e. The van der Waals surface area contributed by atoms with Crippen LogP contribution in [0.1, 0.15) is 46.3 Å². The number of fused-ring (bicyclic) bond motifs is 2. The minimum atomic E-state index is -0.903. The van der Waals surface area contributed by atoms with Gasteiger partial charge in [-0.1, -0.05) is 30.3 Å². The van der Waals surface area contributed by atoms with Gasteiger partial charge in [-0.05, 0) is 60.9 Å². The molecule has 1 aromatic carbocycles. The molecule has 0 aliphatic heterocycles. The SMILES string of the molecule is C=CCNC(=O)[C@@H](C)OC(=O)c1c2c(nc3ccccc13)/C(=C/c1cccs1)CCC2. The molecule has 1 aliphatic carbocycles. The molecule has 1 amide bonds. The van der Waals surface area contributed by atoms with E-state index in [2.05, 4.69) is 24.0 Å². The number of nitrogens with zero attached hydrogens (tertiary/aromatic N) is 1. The molecule has 5 nitrogen and oxygen atoms in total. The highest BCUT2D eigenvalue weighted by Gasteiger charge is 2.28. The number of aromatic nitrogens is 1. The quantitative estimate of drug-likeness (QED) is 0.439. The predicted octanol–water partition coefficient (Wildman–Crippen LogP) is 5.02. The van der Waals surface area contributed by atoms with E-state index in [1.807, 2.05) is 35.7 Å². The lowest BCUT2D eigenvalue weighted by molar-refractivity contribution is -0.128. The zero-order valence-electron chi connectivity index (χ0n) is 17.4. The summed E-state index contributed by atoms with van der Waals surface area (Å²) in [5.74, 6) is -0.841. The van der Waals surface area contributed by atoms with Crippen molar-refractivity contribution in [3.8, 4) is 0 Å². The molecule has 2 aromatic heterocycles. The van der Waals surface area contributed by atoms with Crippen molar-refractivity contribution in [1.29, 1.82) is 0 Å². The van der Waals surface area contributed by atoms with Crippen LogP contribution in [-0.2, 0) is 16.0 Å². The van der Waals surface area contributed by atoms with Gasteiger partial charge >= 0.3 is 5.97 Å². The van der Waals surface area contributed by atoms with Crippen LogP contribution < -0.4 is 5.32 Å². The van der Waals surface area contributed by atoms with Crippen LogP contribution in [0.3, 0.4) is 0 Å². The monoisotopic (exact) mass is 432 g/mol. The summed E-state index contributed by atoms with van der Waals surface area (Å²) in [5.41, 5.74) is 4.14. The van der Waals surface area contributed by atoms with Gasteiger partial charge in [0.1, 0.15) is 0 Å². The lowest BCUT2D eigenvalue weighted by Crippen LogP contribution is -2.36. The summed E-state index contributed by atoms with van der Waals surface area (Å²) >= 11 is 1.68. The summed E-state index contributed by atoms with van der Waals surface area (Å²) in [6.07, 6.45) is 5.42. The molecular weight excluding hydrogens is 408 g/mol. The average molecular weight is 433 g/mol. The van der Waals surface area contributed by atoms with E-state index in [-0.39, 0.29) is 5.91 Å². The summed E-state index contributed by atoms with van der Waals surface area (Å²) in [6, 6.07) is 11.7. The van der Waals surface area contributed by atoms with Crippen LogP contribution in [0.4, 0.5) is 0 Å². The molecule has 0 saturated heterocycles. The standard InChI is InChI=1S/C25H24N2O3S/c1-3-13-26-24(28)16(2)30-25(29)22-19-10-4-5-12-21(19)27-23-17(8-6-11-20(22)23)15-18-9-7-14-31-18/h3-5,7,9-10,12,14-16H,1,6,8,11,13H2,2H3,(H,26,28)/b17-15+/t16-/m1/s1. The maximum Gasteiger partial charge on any atom is 0.339 e. The van der Waals surface area contributed by atoms with E-state index in [0.29, 0.717) is 12.1 Å². The molecule has 0 fully saturated rings. The number of allylic oxidation sites excluding steroid dienone is 1. The minimum absolute atomic E-state index is 0.325. The van der Waals surface area contributed by atoms with Gasteiger partial charge in [0.05, 0.1) is 16.8 Å². The Morgan fingerprint density at radius 3 is 2.87 bits per heavy atom. The molecule has 0 bridgehead atoms. The molecule has 0 unspecified atom stereocenters. The second kappa shape index (κ2) is 9.27. The molecule has 1 atom stereocenters. The van der Waals surface area contributed by atoms with Gasteiger partial charge in [0.15, 0.2) is 6.10 Å². The number of amides is 1. The molecule has 4 rings (SSSR count). The van der Waals surface area contributed by atoms with Crippen molar-refractivity contribution in [3.63, 3.8) is 0 Å². The predicted molar refractivity (Wildman–Crippen MR) is 125 cm³/mol. The van der Waals surface area contributed by atoms with Crippen LogP contribution in [0.15, 0.2) is 54.4 Å². The van der Waals surface area contributed by atoms with Crippen LogP contribution in [-0.4, -0.2) is 29.5 Å². The number of nitrogens with one attached hydrogen (secondary N) is 1. The molecule has 6 heteroatoms. The zero-order chi connectivity index (χ0) is 21.8. The van der Waals surface area contributed by atoms with E-state index in [4.69, 9.17) is 9.72 Å². The average Bonchev–Trinajstić information content (AvgIpc) is 3.29. The second-order valence-corrected chi connectivity index (χ2v) is 8.43. The normalized spacial score (nSPS) is 15.3. The van der Waals surface area contributed by atoms with Crippen LogP contribution in [0, 0.1) is 0 Å². The van der Waals surface area contributed by atoms with Crippen LogP contribution in [0.25, 0.3) is 22.6 Å². The first kappa shape index (κ1) is 21.0. The van der Waals surface area contributed by atoms with E-state index in [1.165, 1.54) is 0 Å². The first-order valence-electron chi connectivity index (χ1n) is 10.3. The molecular formula is C25H24N2O3S. The fraction of sp³-hybridized carbons (Fsp3) is 0.240. The summed E-state index contributed by atoms with van der Waals surface area (Å²) < 4.78 is 5.58. The Bertz CT molecular complexity index is 1160. The Morgan fingerprint density at radius 2 is 2.10 bits per heavy atom. The first-order chi connectivity index (χ1) is 15.1. The van der Waals surface area contributed by atoms with E-state index in [1.54, 1.807) is 24.3 Å². The van der Waals surface area contributed by atoms with Crippen LogP contribution in [0.5, 0.6) is 0 Å². The van der Waals surface area contributed by atoms with Crippen molar-refractivity contribution in [2.24, 2.45) is 0 Å². The third-order valence-corrected chi connectivity index (χ3v) is 6.13. The van der Waals surface area contributed by atoms with Crippen molar-refractivity contribution in [1.82, 2.24) is 10.3 Å². The van der Waals surface area contributed by atoms with Crippen LogP contribution in [0.2, 0.25) is 0 Å². The first-order valence-corrected chi connectivity index (χ1v) is 11.2. The number of benzene rings is 1.